The second-order valence-electron chi connectivity index (χ2n) is 6.01. The first-order valence-electron chi connectivity index (χ1n) is 7.47. The Labute approximate surface area is 142 Å². The molecule has 0 bridgehead atoms. The van der Waals surface area contributed by atoms with Gasteiger partial charge in [-0.2, -0.15) is 0 Å². The van der Waals surface area contributed by atoms with E-state index in [2.05, 4.69) is 4.74 Å². The van der Waals surface area contributed by atoms with E-state index in [1.54, 1.807) is 0 Å². The van der Waals surface area contributed by atoms with Gasteiger partial charge in [0.15, 0.2) is 12.2 Å². The molecule has 1 aliphatic carbocycles. The summed E-state index contributed by atoms with van der Waals surface area (Å²) in [6, 6.07) is 4.46. The average molecular weight is 359 g/mol. The van der Waals surface area contributed by atoms with Crippen molar-refractivity contribution in [1.82, 2.24) is 0 Å². The number of aliphatic hydroxyl groups is 6. The molecule has 25 heavy (non-hydrogen) atoms. The fourth-order valence-electron chi connectivity index (χ4n) is 2.57. The third-order valence-electron chi connectivity index (χ3n) is 4.15. The summed E-state index contributed by atoms with van der Waals surface area (Å²) in [5.74, 6) is -4.25. The monoisotopic (exact) mass is 359 g/mol. The number of hydrogen-bond acceptors (Lipinski definition) is 10. The minimum absolute atomic E-state index is 0.0178. The van der Waals surface area contributed by atoms with Crippen LogP contribution in [0.1, 0.15) is 5.56 Å². The highest BCUT2D eigenvalue weighted by molar-refractivity contribution is 5.76. The van der Waals surface area contributed by atoms with Crippen LogP contribution in [0.25, 0.3) is 0 Å². The summed E-state index contributed by atoms with van der Waals surface area (Å²) < 4.78 is 4.66. The number of hydrogen-bond donors (Lipinski definition) is 8. The molecule has 1 aromatic carbocycles. The summed E-state index contributed by atoms with van der Waals surface area (Å²) in [5, 5.41) is 67.8. The second-order valence-corrected chi connectivity index (χ2v) is 6.01. The summed E-state index contributed by atoms with van der Waals surface area (Å²) >= 11 is 0. The molecule has 0 heterocycles. The van der Waals surface area contributed by atoms with Crippen molar-refractivity contribution in [2.75, 3.05) is 0 Å². The molecule has 1 aromatic rings. The number of nitrogens with two attached hydrogens (primary N) is 1. The summed E-state index contributed by atoms with van der Waals surface area (Å²) in [6.07, 6.45) is -10.7. The molecule has 2 unspecified atom stereocenters. The van der Waals surface area contributed by atoms with Crippen molar-refractivity contribution in [1.29, 1.82) is 0 Å². The minimum atomic E-state index is -3.05. The van der Waals surface area contributed by atoms with Crippen LogP contribution in [0.4, 0.5) is 0 Å². The number of benzene rings is 1. The molecule has 0 radical (unpaired) electrons. The van der Waals surface area contributed by atoms with Crippen molar-refractivity contribution in [3.8, 4) is 5.75 Å². The van der Waals surface area contributed by atoms with Gasteiger partial charge in [-0.15, -0.1) is 0 Å². The molecule has 1 aliphatic rings. The molecule has 0 saturated heterocycles. The van der Waals surface area contributed by atoms with Crippen molar-refractivity contribution in [3.05, 3.63) is 29.8 Å². The molecule has 2 rings (SSSR count). The SMILES string of the molecule is N[C@@H](Cc1ccc(O)cc1)C(=O)OC1(O)[C@H](O)[C@H](O)C(O)[C@H](O)[C@H]1O. The number of carbonyl (C=O) groups excluding carboxylic acids is 1. The van der Waals surface area contributed by atoms with E-state index in [1.165, 1.54) is 24.3 Å². The molecule has 0 aliphatic heterocycles. The number of ether oxygens (including phenoxy) is 1. The maximum absolute atomic E-state index is 12.1. The van der Waals surface area contributed by atoms with E-state index in [0.717, 1.165) is 0 Å². The summed E-state index contributed by atoms with van der Waals surface area (Å²) in [4.78, 5) is 12.1. The molecule has 0 spiro atoms. The van der Waals surface area contributed by atoms with Crippen molar-refractivity contribution in [2.24, 2.45) is 5.73 Å². The largest absolute Gasteiger partial charge is 0.508 e. The lowest BCUT2D eigenvalue weighted by molar-refractivity contribution is -0.348. The number of aromatic hydroxyl groups is 1. The average Bonchev–Trinajstić information content (AvgIpc) is 2.59. The van der Waals surface area contributed by atoms with Crippen molar-refractivity contribution in [2.45, 2.75) is 48.8 Å². The van der Waals surface area contributed by atoms with Crippen molar-refractivity contribution < 1.29 is 45.3 Å². The summed E-state index contributed by atoms with van der Waals surface area (Å²) in [7, 11) is 0. The minimum Gasteiger partial charge on any atom is -0.508 e. The van der Waals surface area contributed by atoms with Crippen LogP contribution in [-0.2, 0) is 16.0 Å². The number of esters is 1. The second kappa shape index (κ2) is 7.22. The maximum atomic E-state index is 12.1. The molecule has 1 saturated carbocycles. The van der Waals surface area contributed by atoms with Gasteiger partial charge in [0.2, 0.25) is 0 Å². The molecule has 9 N–H and O–H groups in total. The highest BCUT2D eigenvalue weighted by Gasteiger charge is 2.60. The quantitative estimate of drug-likeness (QED) is 0.196. The predicted molar refractivity (Wildman–Crippen MR) is 80.9 cm³/mol. The van der Waals surface area contributed by atoms with E-state index in [0.29, 0.717) is 5.56 Å². The van der Waals surface area contributed by atoms with Crippen LogP contribution in [0.2, 0.25) is 0 Å². The summed E-state index contributed by atoms with van der Waals surface area (Å²) in [6.45, 7) is 0. The van der Waals surface area contributed by atoms with Crippen LogP contribution < -0.4 is 5.73 Å². The Bertz CT molecular complexity index is 592. The zero-order valence-electron chi connectivity index (χ0n) is 13.0. The maximum Gasteiger partial charge on any atom is 0.325 e. The van der Waals surface area contributed by atoms with Gasteiger partial charge in [0.25, 0.3) is 5.79 Å². The highest BCUT2D eigenvalue weighted by atomic mass is 16.7. The molecule has 10 nitrogen and oxygen atoms in total. The van der Waals surface area contributed by atoms with Crippen LogP contribution in [0.5, 0.6) is 5.75 Å². The Morgan fingerprint density at radius 3 is 2.00 bits per heavy atom. The van der Waals surface area contributed by atoms with Crippen LogP contribution in [-0.4, -0.2) is 84.1 Å². The molecule has 0 amide bonds. The normalized spacial score (nSPS) is 36.7. The van der Waals surface area contributed by atoms with E-state index < -0.39 is 48.3 Å². The van der Waals surface area contributed by atoms with Gasteiger partial charge >= 0.3 is 5.97 Å². The van der Waals surface area contributed by atoms with Crippen LogP contribution in [0.15, 0.2) is 24.3 Å². The van der Waals surface area contributed by atoms with Gasteiger partial charge in [-0.1, -0.05) is 12.1 Å². The van der Waals surface area contributed by atoms with Gasteiger partial charge in [0.1, 0.15) is 30.1 Å². The fraction of sp³-hybridized carbons (Fsp3) is 0.533. The smallest absolute Gasteiger partial charge is 0.325 e. The number of phenols is 1. The molecule has 0 aromatic heterocycles. The molecular formula is C15H21NO9. The number of rotatable bonds is 4. The van der Waals surface area contributed by atoms with E-state index >= 15 is 0 Å². The Kier molecular flexibility index (Phi) is 5.64. The molecule has 7 atom stereocenters. The molecule has 1 fully saturated rings. The van der Waals surface area contributed by atoms with Gasteiger partial charge in [-0.05, 0) is 24.1 Å². The number of carbonyl (C=O) groups is 1. The number of aliphatic hydroxyl groups excluding tert-OH is 5. The number of phenolic OH excluding ortho intramolecular Hbond substituents is 1. The lowest BCUT2D eigenvalue weighted by Gasteiger charge is -2.46. The van der Waals surface area contributed by atoms with Gasteiger partial charge < -0.3 is 46.2 Å². The first-order chi connectivity index (χ1) is 11.6. The first-order valence-corrected chi connectivity index (χ1v) is 7.47. The molecule has 140 valence electrons. The van der Waals surface area contributed by atoms with Gasteiger partial charge in [0.05, 0.1) is 0 Å². The Morgan fingerprint density at radius 2 is 1.52 bits per heavy atom. The Morgan fingerprint density at radius 1 is 1.04 bits per heavy atom. The van der Waals surface area contributed by atoms with E-state index in [4.69, 9.17) is 5.73 Å². The predicted octanol–water partition coefficient (Wildman–Crippen LogP) is -3.69. The topological polar surface area (TPSA) is 194 Å². The zero-order chi connectivity index (χ0) is 18.9. The van der Waals surface area contributed by atoms with Crippen LogP contribution >= 0.6 is 0 Å². The third kappa shape index (κ3) is 3.75. The molecule has 10 heteroatoms. The van der Waals surface area contributed by atoms with Gasteiger partial charge in [-0.25, -0.2) is 0 Å². The lowest BCUT2D eigenvalue weighted by Crippen LogP contribution is -2.72. The summed E-state index contributed by atoms with van der Waals surface area (Å²) in [5.41, 5.74) is 6.23. The van der Waals surface area contributed by atoms with E-state index in [-0.39, 0.29) is 12.2 Å². The lowest BCUT2D eigenvalue weighted by atomic mass is 9.82. The third-order valence-corrected chi connectivity index (χ3v) is 4.15. The Hall–Kier alpha value is -1.79. The standard InChI is InChI=1S/C15H21NO9/c16-8(5-6-1-3-7(17)4-2-6)14(23)25-15(24)12(21)10(19)9(18)11(20)13(15)22/h1-4,8-13,17-22,24H,5,16H2/t8-,9?,10-,11+,12+,13+,15?/m0/s1. The van der Waals surface area contributed by atoms with Crippen LogP contribution in [0.3, 0.4) is 0 Å². The van der Waals surface area contributed by atoms with Gasteiger partial charge in [-0.3, -0.25) is 4.79 Å². The van der Waals surface area contributed by atoms with E-state index in [9.17, 15) is 40.5 Å². The fourth-order valence-corrected chi connectivity index (χ4v) is 2.57. The Balaban J connectivity index is 2.10. The zero-order valence-corrected chi connectivity index (χ0v) is 13.0. The van der Waals surface area contributed by atoms with Crippen molar-refractivity contribution in [3.63, 3.8) is 0 Å². The van der Waals surface area contributed by atoms with Crippen molar-refractivity contribution >= 4 is 5.97 Å². The highest BCUT2D eigenvalue weighted by Crippen LogP contribution is 2.31. The van der Waals surface area contributed by atoms with E-state index in [1.807, 2.05) is 0 Å². The first kappa shape index (κ1) is 19.5. The van der Waals surface area contributed by atoms with Crippen LogP contribution in [0, 0.1) is 0 Å². The van der Waals surface area contributed by atoms with Gasteiger partial charge in [0, 0.05) is 0 Å². The molecular weight excluding hydrogens is 338 g/mol.